The monoisotopic (exact) mass is 339 g/mol. The maximum Gasteiger partial charge on any atom is 0.206 e. The normalized spacial score (nSPS) is 12.7. The van der Waals surface area contributed by atoms with Crippen molar-refractivity contribution < 1.29 is 4.42 Å². The molecule has 2 aromatic heterocycles. The van der Waals surface area contributed by atoms with Crippen LogP contribution in [0, 0.1) is 5.92 Å². The third-order valence-electron chi connectivity index (χ3n) is 3.49. The van der Waals surface area contributed by atoms with E-state index in [-0.39, 0.29) is 0 Å². The van der Waals surface area contributed by atoms with Gasteiger partial charge in [-0.3, -0.25) is 4.99 Å². The number of thiazole rings is 1. The van der Waals surface area contributed by atoms with E-state index in [1.807, 2.05) is 46.6 Å². The Bertz CT molecular complexity index is 894. The summed E-state index contributed by atoms with van der Waals surface area (Å²) in [6.45, 7) is 8.65. The molecule has 124 valence electrons. The molecule has 3 rings (SSSR count). The van der Waals surface area contributed by atoms with Crippen LogP contribution in [0.4, 0.5) is 0 Å². The summed E-state index contributed by atoms with van der Waals surface area (Å²) in [5.74, 6) is 1.37. The van der Waals surface area contributed by atoms with Crippen LogP contribution in [0.25, 0.3) is 22.4 Å². The molecule has 1 aromatic carbocycles. The summed E-state index contributed by atoms with van der Waals surface area (Å²) in [6, 6.07) is 10.0. The minimum Gasteiger partial charge on any atom is -0.454 e. The molecule has 0 N–H and O–H groups in total. The third-order valence-corrected chi connectivity index (χ3v) is 4.35. The van der Waals surface area contributed by atoms with Crippen molar-refractivity contribution in [1.82, 2.24) is 4.68 Å². The van der Waals surface area contributed by atoms with Gasteiger partial charge in [-0.05, 0) is 24.5 Å². The quantitative estimate of drug-likeness (QED) is 0.464. The molecule has 0 bridgehead atoms. The molecule has 0 spiro atoms. The lowest BCUT2D eigenvalue weighted by Gasteiger charge is -2.01. The zero-order valence-corrected chi connectivity index (χ0v) is 14.8. The van der Waals surface area contributed by atoms with Gasteiger partial charge >= 0.3 is 0 Å². The van der Waals surface area contributed by atoms with E-state index in [9.17, 15) is 0 Å². The van der Waals surface area contributed by atoms with Crippen LogP contribution in [0.2, 0.25) is 0 Å². The van der Waals surface area contributed by atoms with E-state index in [0.717, 1.165) is 33.6 Å². The predicted molar refractivity (Wildman–Crippen MR) is 101 cm³/mol. The molecule has 5 heteroatoms. The van der Waals surface area contributed by atoms with Crippen molar-refractivity contribution in [1.29, 1.82) is 0 Å². The Kier molecular flexibility index (Phi) is 5.11. The summed E-state index contributed by atoms with van der Waals surface area (Å²) < 4.78 is 7.85. The smallest absolute Gasteiger partial charge is 0.206 e. The zero-order chi connectivity index (χ0) is 16.9. The Morgan fingerprint density at radius 1 is 1.33 bits per heavy atom. The van der Waals surface area contributed by atoms with Gasteiger partial charge in [0.1, 0.15) is 11.3 Å². The number of hydrogen-bond acceptors (Lipinski definition) is 4. The van der Waals surface area contributed by atoms with Crippen molar-refractivity contribution in [3.8, 4) is 11.5 Å². The van der Waals surface area contributed by atoms with E-state index < -0.39 is 0 Å². The molecule has 3 aromatic rings. The molecule has 0 fully saturated rings. The second kappa shape index (κ2) is 7.45. The van der Waals surface area contributed by atoms with Gasteiger partial charge < -0.3 is 4.42 Å². The van der Waals surface area contributed by atoms with E-state index in [1.54, 1.807) is 17.4 Å². The lowest BCUT2D eigenvalue weighted by atomic mass is 10.2. The van der Waals surface area contributed by atoms with Crippen LogP contribution in [-0.4, -0.2) is 17.4 Å². The molecule has 0 aliphatic carbocycles. The van der Waals surface area contributed by atoms with E-state index in [0.29, 0.717) is 12.5 Å². The van der Waals surface area contributed by atoms with Crippen molar-refractivity contribution in [3.05, 3.63) is 53.2 Å². The van der Waals surface area contributed by atoms with Crippen molar-refractivity contribution in [2.75, 3.05) is 6.54 Å². The van der Waals surface area contributed by atoms with Gasteiger partial charge in [0.2, 0.25) is 4.80 Å². The van der Waals surface area contributed by atoms with Gasteiger partial charge in [0.25, 0.3) is 0 Å². The molecule has 2 heterocycles. The molecule has 0 aliphatic heterocycles. The molecular formula is C19H21N3OS. The summed E-state index contributed by atoms with van der Waals surface area (Å²) in [5, 5.41) is 7.74. The molecular weight excluding hydrogens is 318 g/mol. The lowest BCUT2D eigenvalue weighted by molar-refractivity contribution is 0.621. The van der Waals surface area contributed by atoms with Gasteiger partial charge in [0.15, 0.2) is 5.76 Å². The number of hydrogen-bond donors (Lipinski definition) is 0. The molecule has 0 amide bonds. The molecule has 0 saturated carbocycles. The number of para-hydroxylation sites is 1. The fraction of sp³-hybridized carbons (Fsp3) is 0.263. The molecule has 4 nitrogen and oxygen atoms in total. The topological polar surface area (TPSA) is 42.8 Å². The first-order chi connectivity index (χ1) is 11.7. The van der Waals surface area contributed by atoms with Crippen LogP contribution in [0.3, 0.4) is 0 Å². The number of benzene rings is 1. The van der Waals surface area contributed by atoms with Crippen molar-refractivity contribution >= 4 is 28.5 Å². The fourth-order valence-corrected chi connectivity index (χ4v) is 3.11. The van der Waals surface area contributed by atoms with Crippen LogP contribution >= 0.6 is 11.3 Å². The number of aromatic nitrogens is 1. The Hall–Kier alpha value is -2.40. The van der Waals surface area contributed by atoms with E-state index in [4.69, 9.17) is 4.42 Å². The molecule has 0 saturated heterocycles. The highest BCUT2D eigenvalue weighted by atomic mass is 32.1. The van der Waals surface area contributed by atoms with Gasteiger partial charge in [0, 0.05) is 17.0 Å². The van der Waals surface area contributed by atoms with Crippen molar-refractivity contribution in [2.45, 2.75) is 20.3 Å². The number of rotatable bonds is 6. The molecule has 0 aliphatic rings. The molecule has 0 atom stereocenters. The second-order valence-corrected chi connectivity index (χ2v) is 6.76. The SMILES string of the molecule is C=CCN=c1scc(-c2cc3ccccc3o2)n1N=CCC(C)C. The Balaban J connectivity index is 2.07. The van der Waals surface area contributed by atoms with Crippen LogP contribution in [0.15, 0.2) is 62.9 Å². The largest absolute Gasteiger partial charge is 0.454 e. The minimum absolute atomic E-state index is 0.566. The van der Waals surface area contributed by atoms with E-state index >= 15 is 0 Å². The number of nitrogens with zero attached hydrogens (tertiary/aromatic N) is 3. The van der Waals surface area contributed by atoms with E-state index in [1.165, 1.54) is 0 Å². The minimum atomic E-state index is 0.566. The van der Waals surface area contributed by atoms with Crippen LogP contribution in [0.1, 0.15) is 20.3 Å². The Labute approximate surface area is 145 Å². The average molecular weight is 339 g/mol. The first-order valence-corrected chi connectivity index (χ1v) is 8.90. The first-order valence-electron chi connectivity index (χ1n) is 8.02. The summed E-state index contributed by atoms with van der Waals surface area (Å²) in [5.41, 5.74) is 1.79. The standard InChI is InChI=1S/C19H21N3OS/c1-4-10-20-19-22(21-11-9-14(2)3)16(13-24-19)18-12-15-7-5-6-8-17(15)23-18/h4-8,11-14H,1,9-10H2,2-3H3. The third kappa shape index (κ3) is 3.57. The van der Waals surface area contributed by atoms with Crippen molar-refractivity contribution in [3.63, 3.8) is 0 Å². The van der Waals surface area contributed by atoms with Gasteiger partial charge in [-0.15, -0.1) is 17.9 Å². The van der Waals surface area contributed by atoms with Crippen LogP contribution in [0.5, 0.6) is 0 Å². The lowest BCUT2D eigenvalue weighted by Crippen LogP contribution is -2.12. The Morgan fingerprint density at radius 3 is 2.92 bits per heavy atom. The summed E-state index contributed by atoms with van der Waals surface area (Å²) >= 11 is 1.55. The number of fused-ring (bicyclic) bond motifs is 1. The van der Waals surface area contributed by atoms with Crippen LogP contribution < -0.4 is 4.80 Å². The van der Waals surface area contributed by atoms with Crippen LogP contribution in [-0.2, 0) is 0 Å². The molecule has 0 unspecified atom stereocenters. The van der Waals surface area contributed by atoms with E-state index in [2.05, 4.69) is 30.5 Å². The summed E-state index contributed by atoms with van der Waals surface area (Å²) in [6.07, 6.45) is 4.64. The predicted octanol–water partition coefficient (Wildman–Crippen LogP) is 4.93. The maximum atomic E-state index is 5.99. The average Bonchev–Trinajstić information content (AvgIpc) is 3.16. The van der Waals surface area contributed by atoms with Gasteiger partial charge in [0.05, 0.1) is 6.54 Å². The molecule has 0 radical (unpaired) electrons. The Morgan fingerprint density at radius 2 is 2.17 bits per heavy atom. The highest BCUT2D eigenvalue weighted by molar-refractivity contribution is 7.07. The summed E-state index contributed by atoms with van der Waals surface area (Å²) in [4.78, 5) is 5.37. The maximum absolute atomic E-state index is 5.99. The fourth-order valence-electron chi connectivity index (χ4n) is 2.28. The first kappa shape index (κ1) is 16.5. The van der Waals surface area contributed by atoms with Gasteiger partial charge in [-0.2, -0.15) is 5.10 Å². The van der Waals surface area contributed by atoms with Gasteiger partial charge in [-0.1, -0.05) is 38.1 Å². The zero-order valence-electron chi connectivity index (χ0n) is 14.0. The number of furan rings is 1. The van der Waals surface area contributed by atoms with Gasteiger partial charge in [-0.25, -0.2) is 4.68 Å². The molecule has 24 heavy (non-hydrogen) atoms. The highest BCUT2D eigenvalue weighted by Gasteiger charge is 2.12. The summed E-state index contributed by atoms with van der Waals surface area (Å²) in [7, 11) is 0. The second-order valence-electron chi connectivity index (χ2n) is 5.92. The highest BCUT2D eigenvalue weighted by Crippen LogP contribution is 2.28. The van der Waals surface area contributed by atoms with Crippen molar-refractivity contribution in [2.24, 2.45) is 16.0 Å².